The molecule has 0 N–H and O–H groups in total. The van der Waals surface area contributed by atoms with Crippen molar-refractivity contribution in [3.63, 3.8) is 0 Å². The van der Waals surface area contributed by atoms with Gasteiger partial charge in [0.15, 0.2) is 0 Å². The Morgan fingerprint density at radius 2 is 1.16 bits per heavy atom. The van der Waals surface area contributed by atoms with Gasteiger partial charge >= 0.3 is 0 Å². The topological polar surface area (TPSA) is 0 Å². The molecule has 0 aliphatic heterocycles. The van der Waals surface area contributed by atoms with Crippen LogP contribution in [-0.2, 0) is 0 Å². The van der Waals surface area contributed by atoms with Gasteiger partial charge in [-0.1, -0.05) is 77.6 Å². The third-order valence-corrected chi connectivity index (χ3v) is 2.57. The van der Waals surface area contributed by atoms with E-state index in [2.05, 4.69) is 56.3 Å². The fraction of sp³-hybridized carbons (Fsp3) is 0.684. The third kappa shape index (κ3) is 26.3. The van der Waals surface area contributed by atoms with Crippen molar-refractivity contribution in [2.75, 3.05) is 0 Å². The Bertz CT molecular complexity index is 317. The van der Waals surface area contributed by atoms with Crippen molar-refractivity contribution < 1.29 is 0 Å². The molecule has 0 aliphatic carbocycles. The van der Waals surface area contributed by atoms with Crippen LogP contribution in [0.4, 0.5) is 0 Å². The first kappa shape index (κ1) is 20.0. The van der Waals surface area contributed by atoms with E-state index in [-0.39, 0.29) is 0 Å². The highest BCUT2D eigenvalue weighted by Gasteiger charge is 1.93. The lowest BCUT2D eigenvalue weighted by molar-refractivity contribution is 0.514. The SMILES string of the molecule is CC#CC#CC#CC.CCCCCCCCC(C)C. The average Bonchev–Trinajstić information content (AvgIpc) is 2.39. The van der Waals surface area contributed by atoms with Gasteiger partial charge < -0.3 is 0 Å². The van der Waals surface area contributed by atoms with Crippen LogP contribution in [0.25, 0.3) is 0 Å². The fourth-order valence-corrected chi connectivity index (χ4v) is 1.52. The quantitative estimate of drug-likeness (QED) is 0.422. The zero-order valence-corrected chi connectivity index (χ0v) is 13.5. The van der Waals surface area contributed by atoms with Crippen molar-refractivity contribution in [2.24, 2.45) is 5.92 Å². The molecule has 0 heterocycles. The minimum absolute atomic E-state index is 0.904. The summed E-state index contributed by atoms with van der Waals surface area (Å²) in [4.78, 5) is 0. The normalized spacial score (nSPS) is 7.89. The Labute approximate surface area is 121 Å². The molecule has 0 saturated carbocycles. The van der Waals surface area contributed by atoms with Crippen molar-refractivity contribution in [1.29, 1.82) is 0 Å². The molecule has 0 fully saturated rings. The monoisotopic (exact) mass is 258 g/mol. The Hall–Kier alpha value is -1.32. The molecular formula is C19H30. The van der Waals surface area contributed by atoms with E-state index >= 15 is 0 Å². The Morgan fingerprint density at radius 3 is 1.58 bits per heavy atom. The summed E-state index contributed by atoms with van der Waals surface area (Å²) in [5, 5.41) is 0. The van der Waals surface area contributed by atoms with Gasteiger partial charge in [-0.25, -0.2) is 0 Å². The van der Waals surface area contributed by atoms with Gasteiger partial charge in [-0.15, -0.1) is 0 Å². The lowest BCUT2D eigenvalue weighted by atomic mass is 10.0. The minimum atomic E-state index is 0.904. The van der Waals surface area contributed by atoms with Crippen LogP contribution in [0.5, 0.6) is 0 Å². The highest BCUT2D eigenvalue weighted by Crippen LogP contribution is 2.10. The highest BCUT2D eigenvalue weighted by atomic mass is 14.0. The van der Waals surface area contributed by atoms with Gasteiger partial charge in [-0.3, -0.25) is 0 Å². The summed E-state index contributed by atoms with van der Waals surface area (Å²) in [7, 11) is 0. The zero-order chi connectivity index (χ0) is 14.8. The number of rotatable bonds is 7. The van der Waals surface area contributed by atoms with E-state index in [0.29, 0.717) is 0 Å². The van der Waals surface area contributed by atoms with Gasteiger partial charge in [0.05, 0.1) is 0 Å². The number of hydrogen-bond acceptors (Lipinski definition) is 0. The molecule has 0 bridgehead atoms. The minimum Gasteiger partial charge on any atom is -0.0925 e. The summed E-state index contributed by atoms with van der Waals surface area (Å²) in [5.41, 5.74) is 0. The van der Waals surface area contributed by atoms with E-state index in [9.17, 15) is 0 Å². The van der Waals surface area contributed by atoms with E-state index in [0.717, 1.165) is 5.92 Å². The molecular weight excluding hydrogens is 228 g/mol. The maximum Gasteiger partial charge on any atom is -0.00108 e. The molecule has 0 nitrogen and oxygen atoms in total. The standard InChI is InChI=1S/C11H24.C8H6/c1-4-5-6-7-8-9-10-11(2)3;1-3-5-7-8-6-4-2/h11H,4-10H2,1-3H3;1-2H3. The molecule has 0 aliphatic rings. The molecule has 0 saturated heterocycles. The summed E-state index contributed by atoms with van der Waals surface area (Å²) in [6.45, 7) is 10.4. The van der Waals surface area contributed by atoms with Crippen molar-refractivity contribution in [3.8, 4) is 35.5 Å². The van der Waals surface area contributed by atoms with Gasteiger partial charge in [0.1, 0.15) is 0 Å². The average molecular weight is 258 g/mol. The first-order valence-corrected chi connectivity index (χ1v) is 7.52. The van der Waals surface area contributed by atoms with E-state index < -0.39 is 0 Å². The smallest absolute Gasteiger partial charge is 0.00108 e. The second-order valence-electron chi connectivity index (χ2n) is 4.95. The van der Waals surface area contributed by atoms with Crippen molar-refractivity contribution in [2.45, 2.75) is 79.6 Å². The van der Waals surface area contributed by atoms with Gasteiger partial charge in [0, 0.05) is 0 Å². The maximum absolute atomic E-state index is 2.64. The molecule has 0 spiro atoms. The van der Waals surface area contributed by atoms with Crippen LogP contribution in [0.3, 0.4) is 0 Å². The van der Waals surface area contributed by atoms with Crippen LogP contribution in [0.15, 0.2) is 0 Å². The molecule has 0 aromatic carbocycles. The Morgan fingerprint density at radius 1 is 0.684 bits per heavy atom. The van der Waals surface area contributed by atoms with Crippen molar-refractivity contribution in [1.82, 2.24) is 0 Å². The second-order valence-corrected chi connectivity index (χ2v) is 4.95. The maximum atomic E-state index is 2.64. The molecule has 0 atom stereocenters. The Kier molecular flexibility index (Phi) is 20.0. The molecule has 0 unspecified atom stereocenters. The third-order valence-electron chi connectivity index (χ3n) is 2.57. The van der Waals surface area contributed by atoms with Crippen LogP contribution in [0.2, 0.25) is 0 Å². The van der Waals surface area contributed by atoms with E-state index in [1.165, 1.54) is 44.9 Å². The van der Waals surface area contributed by atoms with Crippen LogP contribution >= 0.6 is 0 Å². The van der Waals surface area contributed by atoms with Gasteiger partial charge in [-0.2, -0.15) is 0 Å². The van der Waals surface area contributed by atoms with E-state index in [4.69, 9.17) is 0 Å². The Balaban J connectivity index is 0. The van der Waals surface area contributed by atoms with E-state index in [1.54, 1.807) is 13.8 Å². The number of unbranched alkanes of at least 4 members (excludes halogenated alkanes) is 5. The van der Waals surface area contributed by atoms with Crippen LogP contribution in [0, 0.1) is 41.4 Å². The van der Waals surface area contributed by atoms with Crippen LogP contribution in [0.1, 0.15) is 79.6 Å². The molecule has 0 aromatic heterocycles. The zero-order valence-electron chi connectivity index (χ0n) is 13.5. The summed E-state index contributed by atoms with van der Waals surface area (Å²) in [5.74, 6) is 16.4. The lowest BCUT2D eigenvalue weighted by Crippen LogP contribution is -1.86. The van der Waals surface area contributed by atoms with Gasteiger partial charge in [0.2, 0.25) is 0 Å². The molecule has 0 radical (unpaired) electrons. The molecule has 0 aromatic rings. The molecule has 0 rings (SSSR count). The van der Waals surface area contributed by atoms with Gasteiger partial charge in [-0.05, 0) is 43.4 Å². The van der Waals surface area contributed by atoms with Crippen molar-refractivity contribution in [3.05, 3.63) is 0 Å². The van der Waals surface area contributed by atoms with E-state index in [1.807, 2.05) is 0 Å². The summed E-state index contributed by atoms with van der Waals surface area (Å²) in [6.07, 6.45) is 10.0. The van der Waals surface area contributed by atoms with Crippen molar-refractivity contribution >= 4 is 0 Å². The predicted molar refractivity (Wildman–Crippen MR) is 87.5 cm³/mol. The first-order chi connectivity index (χ1) is 9.18. The second kappa shape index (κ2) is 19.0. The fourth-order valence-electron chi connectivity index (χ4n) is 1.52. The van der Waals surface area contributed by atoms with Crippen LogP contribution in [-0.4, -0.2) is 0 Å². The molecule has 0 heteroatoms. The predicted octanol–water partition coefficient (Wildman–Crippen LogP) is 5.43. The largest absolute Gasteiger partial charge is 0.0925 e. The van der Waals surface area contributed by atoms with Gasteiger partial charge in [0.25, 0.3) is 0 Å². The molecule has 19 heavy (non-hydrogen) atoms. The van der Waals surface area contributed by atoms with Crippen LogP contribution < -0.4 is 0 Å². The summed E-state index contributed by atoms with van der Waals surface area (Å²) >= 11 is 0. The lowest BCUT2D eigenvalue weighted by Gasteiger charge is -2.03. The summed E-state index contributed by atoms with van der Waals surface area (Å²) in [6, 6.07) is 0. The first-order valence-electron chi connectivity index (χ1n) is 7.52. The summed E-state index contributed by atoms with van der Waals surface area (Å²) < 4.78 is 0. The molecule has 0 amide bonds. The highest BCUT2D eigenvalue weighted by molar-refractivity contribution is 5.34. The number of hydrogen-bond donors (Lipinski definition) is 0. The molecule has 106 valence electrons.